The summed E-state index contributed by atoms with van der Waals surface area (Å²) in [7, 11) is 0. The Bertz CT molecular complexity index is 511. The van der Waals surface area contributed by atoms with E-state index in [-0.39, 0.29) is 16.8 Å². The summed E-state index contributed by atoms with van der Waals surface area (Å²) in [6.07, 6.45) is 10.0. The number of esters is 1. The van der Waals surface area contributed by atoms with Gasteiger partial charge < -0.3 is 9.53 Å². The normalized spacial score (nSPS) is 36.4. The van der Waals surface area contributed by atoms with E-state index >= 15 is 0 Å². The molecule has 0 amide bonds. The largest absolute Gasteiger partial charge is 0.466 e. The number of aldehydes is 1. The van der Waals surface area contributed by atoms with Gasteiger partial charge >= 0.3 is 5.97 Å². The Hall–Kier alpha value is -1.12. The van der Waals surface area contributed by atoms with E-state index in [0.29, 0.717) is 24.4 Å². The summed E-state index contributed by atoms with van der Waals surface area (Å²) in [6.45, 7) is 13.2. The highest BCUT2D eigenvalue weighted by Crippen LogP contribution is 2.61. The van der Waals surface area contributed by atoms with Crippen LogP contribution in [-0.2, 0) is 14.3 Å². The summed E-state index contributed by atoms with van der Waals surface area (Å²) < 4.78 is 5.08. The van der Waals surface area contributed by atoms with Crippen molar-refractivity contribution in [3.05, 3.63) is 12.2 Å². The summed E-state index contributed by atoms with van der Waals surface area (Å²) in [5.74, 6) is 1.34. The third kappa shape index (κ3) is 4.35. The standard InChI is InChI=1S/C22H36O3/c1-16(11-14-25-18(3)24)7-9-19-17(2)8-10-20-21(4,15-23)12-6-13-22(19,20)5/h15-16,19-20H,2,6-14H2,1,3-5H3/t16-,19-,20-,21+,22+/m0/s1. The Morgan fingerprint density at radius 3 is 2.72 bits per heavy atom. The second kappa shape index (κ2) is 8.05. The predicted molar refractivity (Wildman–Crippen MR) is 101 cm³/mol. The quantitative estimate of drug-likeness (QED) is 0.354. The van der Waals surface area contributed by atoms with Crippen molar-refractivity contribution in [3.8, 4) is 0 Å². The second-order valence-corrected chi connectivity index (χ2v) is 9.10. The van der Waals surface area contributed by atoms with E-state index in [9.17, 15) is 9.59 Å². The molecule has 0 heterocycles. The molecule has 0 aromatic carbocycles. The first-order valence-electron chi connectivity index (χ1n) is 10.0. The van der Waals surface area contributed by atoms with Crippen molar-refractivity contribution in [1.82, 2.24) is 0 Å². The van der Waals surface area contributed by atoms with Crippen molar-refractivity contribution < 1.29 is 14.3 Å². The van der Waals surface area contributed by atoms with Crippen molar-refractivity contribution in [3.63, 3.8) is 0 Å². The van der Waals surface area contributed by atoms with Crippen LogP contribution in [0.5, 0.6) is 0 Å². The van der Waals surface area contributed by atoms with E-state index in [1.807, 2.05) is 0 Å². The average Bonchev–Trinajstić information content (AvgIpc) is 2.53. The van der Waals surface area contributed by atoms with Gasteiger partial charge in [-0.05, 0) is 68.1 Å². The van der Waals surface area contributed by atoms with Crippen LogP contribution < -0.4 is 0 Å². The smallest absolute Gasteiger partial charge is 0.302 e. The van der Waals surface area contributed by atoms with Gasteiger partial charge in [0.15, 0.2) is 0 Å². The van der Waals surface area contributed by atoms with Crippen LogP contribution >= 0.6 is 0 Å². The molecule has 0 radical (unpaired) electrons. The minimum atomic E-state index is -0.196. The van der Waals surface area contributed by atoms with Gasteiger partial charge in [-0.25, -0.2) is 0 Å². The molecule has 2 fully saturated rings. The summed E-state index contributed by atoms with van der Waals surface area (Å²) >= 11 is 0. The number of allylic oxidation sites excluding steroid dienone is 1. The highest BCUT2D eigenvalue weighted by molar-refractivity contribution is 5.65. The van der Waals surface area contributed by atoms with E-state index in [1.165, 1.54) is 25.2 Å². The lowest BCUT2D eigenvalue weighted by Gasteiger charge is -2.57. The topological polar surface area (TPSA) is 43.4 Å². The van der Waals surface area contributed by atoms with Crippen LogP contribution in [0, 0.1) is 28.6 Å². The number of hydrogen-bond acceptors (Lipinski definition) is 3. The molecule has 0 N–H and O–H groups in total. The van der Waals surface area contributed by atoms with Crippen molar-refractivity contribution in [2.75, 3.05) is 6.61 Å². The number of rotatable bonds is 7. The Kier molecular flexibility index (Phi) is 6.51. The van der Waals surface area contributed by atoms with Crippen LogP contribution in [0.15, 0.2) is 12.2 Å². The molecule has 0 spiro atoms. The van der Waals surface area contributed by atoms with Crippen molar-refractivity contribution in [2.24, 2.45) is 28.6 Å². The lowest BCUT2D eigenvalue weighted by atomic mass is 9.47. The summed E-state index contributed by atoms with van der Waals surface area (Å²) in [6, 6.07) is 0. The van der Waals surface area contributed by atoms with E-state index in [4.69, 9.17) is 4.74 Å². The van der Waals surface area contributed by atoms with Gasteiger partial charge in [0, 0.05) is 12.3 Å². The summed E-state index contributed by atoms with van der Waals surface area (Å²) in [4.78, 5) is 22.7. The SMILES string of the molecule is C=C1CC[C@@H]2[C@](C)(CCC[C@]2(C)C=O)[C@H]1CC[C@H](C)CCOC(C)=O. The van der Waals surface area contributed by atoms with Crippen molar-refractivity contribution in [2.45, 2.75) is 79.1 Å². The summed E-state index contributed by atoms with van der Waals surface area (Å²) in [5, 5.41) is 0. The van der Waals surface area contributed by atoms with Crippen molar-refractivity contribution >= 4 is 12.3 Å². The minimum absolute atomic E-state index is 0.160. The van der Waals surface area contributed by atoms with Crippen LogP contribution in [0.25, 0.3) is 0 Å². The molecule has 0 aromatic heterocycles. The van der Waals surface area contributed by atoms with Gasteiger partial charge in [-0.3, -0.25) is 4.79 Å². The summed E-state index contributed by atoms with van der Waals surface area (Å²) in [5.41, 5.74) is 1.44. The number of ether oxygens (including phenoxy) is 1. The van der Waals surface area contributed by atoms with Crippen molar-refractivity contribution in [1.29, 1.82) is 0 Å². The van der Waals surface area contributed by atoms with Gasteiger partial charge in [-0.2, -0.15) is 0 Å². The molecule has 5 atom stereocenters. The molecule has 2 saturated carbocycles. The molecule has 0 aliphatic heterocycles. The lowest BCUT2D eigenvalue weighted by molar-refractivity contribution is -0.141. The molecule has 0 aromatic rings. The van der Waals surface area contributed by atoms with Crippen LogP contribution in [0.1, 0.15) is 79.1 Å². The van der Waals surface area contributed by atoms with Gasteiger partial charge in [-0.1, -0.05) is 39.3 Å². The first-order valence-corrected chi connectivity index (χ1v) is 10.0. The Morgan fingerprint density at radius 1 is 1.36 bits per heavy atom. The van der Waals surface area contributed by atoms with E-state index in [1.54, 1.807) is 0 Å². The maximum Gasteiger partial charge on any atom is 0.302 e. The fourth-order valence-corrected chi connectivity index (χ4v) is 5.67. The van der Waals surface area contributed by atoms with E-state index in [0.717, 1.165) is 44.9 Å². The lowest BCUT2D eigenvalue weighted by Crippen LogP contribution is -2.51. The van der Waals surface area contributed by atoms with E-state index in [2.05, 4.69) is 27.4 Å². The third-order valence-corrected chi connectivity index (χ3v) is 7.20. The number of hydrogen-bond donors (Lipinski definition) is 0. The molecular formula is C22H36O3. The Morgan fingerprint density at radius 2 is 2.08 bits per heavy atom. The number of carbonyl (C=O) groups excluding carboxylic acids is 2. The molecule has 3 nitrogen and oxygen atoms in total. The Labute approximate surface area is 153 Å². The molecule has 2 rings (SSSR count). The molecule has 2 aliphatic carbocycles. The predicted octanol–water partition coefficient (Wildman–Crippen LogP) is 5.33. The van der Waals surface area contributed by atoms with Gasteiger partial charge in [0.2, 0.25) is 0 Å². The van der Waals surface area contributed by atoms with Gasteiger partial charge in [0.25, 0.3) is 0 Å². The van der Waals surface area contributed by atoms with Gasteiger partial charge in [0.05, 0.1) is 6.61 Å². The molecule has 0 bridgehead atoms. The molecule has 0 unspecified atom stereocenters. The van der Waals surface area contributed by atoms with E-state index < -0.39 is 0 Å². The van der Waals surface area contributed by atoms with Crippen LogP contribution in [0.3, 0.4) is 0 Å². The molecular weight excluding hydrogens is 312 g/mol. The minimum Gasteiger partial charge on any atom is -0.466 e. The maximum absolute atomic E-state index is 11.8. The monoisotopic (exact) mass is 348 g/mol. The average molecular weight is 349 g/mol. The zero-order valence-corrected chi connectivity index (χ0v) is 16.6. The first kappa shape index (κ1) is 20.2. The number of fused-ring (bicyclic) bond motifs is 1. The van der Waals surface area contributed by atoms with Gasteiger partial charge in [-0.15, -0.1) is 0 Å². The maximum atomic E-state index is 11.8. The fourth-order valence-electron chi connectivity index (χ4n) is 5.67. The number of carbonyl (C=O) groups is 2. The van der Waals surface area contributed by atoms with Crippen LogP contribution in [-0.4, -0.2) is 18.9 Å². The molecule has 0 saturated heterocycles. The third-order valence-electron chi connectivity index (χ3n) is 7.20. The highest BCUT2D eigenvalue weighted by Gasteiger charge is 2.54. The fraction of sp³-hybridized carbons (Fsp3) is 0.818. The first-order chi connectivity index (χ1) is 11.7. The Balaban J connectivity index is 2.01. The van der Waals surface area contributed by atoms with Crippen LogP contribution in [0.4, 0.5) is 0 Å². The zero-order chi connectivity index (χ0) is 18.7. The van der Waals surface area contributed by atoms with Gasteiger partial charge in [0.1, 0.15) is 6.29 Å². The van der Waals surface area contributed by atoms with Crippen LogP contribution in [0.2, 0.25) is 0 Å². The second-order valence-electron chi connectivity index (χ2n) is 9.10. The molecule has 2 aliphatic rings. The highest BCUT2D eigenvalue weighted by atomic mass is 16.5. The molecule has 142 valence electrons. The molecule has 25 heavy (non-hydrogen) atoms. The zero-order valence-electron chi connectivity index (χ0n) is 16.6. The molecule has 3 heteroatoms.